The Morgan fingerprint density at radius 2 is 1.83 bits per heavy atom. The van der Waals surface area contributed by atoms with E-state index in [1.165, 1.54) is 11.1 Å². The molecule has 10 heteroatoms. The van der Waals surface area contributed by atoms with Gasteiger partial charge in [0.1, 0.15) is 11.6 Å². The standard InChI is InChI=1S/C32H41F3N4O3/c1-41-25-4-5-29-27(19-25)26(23(20-37-29)21-39-13-15-42-16-14-39)3-2-6-32(22-40)7-10-38(11-8-32)12-9-36-30-18-24(33)17-28(34)31(30)35/h4-5,17-20,36,40H,2-3,6-16,21-22H2,1H3. The number of rotatable bonds is 12. The summed E-state index contributed by atoms with van der Waals surface area (Å²) in [7, 11) is 1.68. The van der Waals surface area contributed by atoms with Crippen LogP contribution < -0.4 is 10.1 Å². The molecule has 7 nitrogen and oxygen atoms in total. The first kappa shape index (κ1) is 30.5. The van der Waals surface area contributed by atoms with Gasteiger partial charge >= 0.3 is 0 Å². The van der Waals surface area contributed by atoms with E-state index in [1.54, 1.807) is 7.11 Å². The summed E-state index contributed by atoms with van der Waals surface area (Å²) in [6, 6.07) is 7.55. The van der Waals surface area contributed by atoms with Crippen LogP contribution in [0.3, 0.4) is 0 Å². The van der Waals surface area contributed by atoms with Crippen molar-refractivity contribution in [3.63, 3.8) is 0 Å². The van der Waals surface area contributed by atoms with Crippen molar-refractivity contribution in [1.82, 2.24) is 14.8 Å². The summed E-state index contributed by atoms with van der Waals surface area (Å²) in [5.74, 6) is -2.26. The number of benzene rings is 2. The Morgan fingerprint density at radius 1 is 1.05 bits per heavy atom. The topological polar surface area (TPSA) is 70.1 Å². The summed E-state index contributed by atoms with van der Waals surface area (Å²) in [6.45, 7) is 6.88. The highest BCUT2D eigenvalue weighted by atomic mass is 19.2. The van der Waals surface area contributed by atoms with Crippen LogP contribution in [0.2, 0.25) is 0 Å². The van der Waals surface area contributed by atoms with Gasteiger partial charge in [-0.1, -0.05) is 0 Å². The van der Waals surface area contributed by atoms with Crippen LogP contribution in [-0.2, 0) is 17.7 Å². The van der Waals surface area contributed by atoms with Crippen LogP contribution in [0.5, 0.6) is 5.75 Å². The number of nitrogens with zero attached hydrogens (tertiary/aromatic N) is 3. The molecule has 0 aliphatic carbocycles. The summed E-state index contributed by atoms with van der Waals surface area (Å²) in [5.41, 5.74) is 3.17. The van der Waals surface area contributed by atoms with E-state index in [0.29, 0.717) is 19.2 Å². The van der Waals surface area contributed by atoms with Crippen molar-refractivity contribution in [2.45, 2.75) is 38.6 Å². The van der Waals surface area contributed by atoms with Gasteiger partial charge in [0, 0.05) is 63.0 Å². The average Bonchev–Trinajstić information content (AvgIpc) is 3.01. The Bertz CT molecular complexity index is 1340. The molecule has 2 fully saturated rings. The molecule has 0 saturated carbocycles. The molecule has 2 aliphatic rings. The highest BCUT2D eigenvalue weighted by molar-refractivity contribution is 5.84. The molecule has 5 rings (SSSR count). The molecule has 0 amide bonds. The number of aliphatic hydroxyl groups is 1. The van der Waals surface area contributed by atoms with Crippen molar-refractivity contribution < 1.29 is 27.8 Å². The Hall–Kier alpha value is -2.92. The molecule has 3 heterocycles. The predicted octanol–water partition coefficient (Wildman–Crippen LogP) is 5.00. The molecule has 0 atom stereocenters. The third-order valence-electron chi connectivity index (χ3n) is 8.90. The Kier molecular flexibility index (Phi) is 10.2. The number of likely N-dealkylation sites (tertiary alicyclic amines) is 1. The van der Waals surface area contributed by atoms with Crippen molar-refractivity contribution in [1.29, 1.82) is 0 Å². The Morgan fingerprint density at radius 3 is 2.57 bits per heavy atom. The minimum absolute atomic E-state index is 0.137. The third-order valence-corrected chi connectivity index (χ3v) is 8.90. The van der Waals surface area contributed by atoms with Gasteiger partial charge in [-0.05, 0) is 79.9 Å². The van der Waals surface area contributed by atoms with Gasteiger partial charge in [0.05, 0.1) is 31.5 Å². The van der Waals surface area contributed by atoms with Gasteiger partial charge in [-0.3, -0.25) is 9.88 Å². The quantitative estimate of drug-likeness (QED) is 0.290. The molecular formula is C32H41F3N4O3. The number of morpholine rings is 1. The third kappa shape index (κ3) is 7.34. The predicted molar refractivity (Wildman–Crippen MR) is 157 cm³/mol. The number of halogens is 3. The zero-order valence-corrected chi connectivity index (χ0v) is 24.3. The van der Waals surface area contributed by atoms with E-state index in [0.717, 1.165) is 101 Å². The van der Waals surface area contributed by atoms with Gasteiger partial charge in [0.2, 0.25) is 0 Å². The molecule has 2 N–H and O–H groups in total. The molecular weight excluding hydrogens is 545 g/mol. The SMILES string of the molecule is COc1ccc2ncc(CN3CCOCC3)c(CCCC3(CO)CCN(CCNc4cc(F)cc(F)c4F)CC3)c2c1. The normalized spacial score (nSPS) is 17.9. The minimum Gasteiger partial charge on any atom is -0.497 e. The average molecular weight is 587 g/mol. The van der Waals surface area contributed by atoms with E-state index in [9.17, 15) is 18.3 Å². The molecule has 2 aliphatic heterocycles. The van der Waals surface area contributed by atoms with Crippen molar-refractivity contribution in [3.8, 4) is 5.75 Å². The maximum atomic E-state index is 13.9. The summed E-state index contributed by atoms with van der Waals surface area (Å²) in [5, 5.41) is 14.4. The number of fused-ring (bicyclic) bond motifs is 1. The number of pyridine rings is 1. The molecule has 0 bridgehead atoms. The van der Waals surface area contributed by atoms with Crippen LogP contribution in [0.15, 0.2) is 36.5 Å². The number of hydrogen-bond acceptors (Lipinski definition) is 7. The van der Waals surface area contributed by atoms with Gasteiger partial charge in [-0.2, -0.15) is 0 Å². The van der Waals surface area contributed by atoms with Gasteiger partial charge in [0.15, 0.2) is 11.6 Å². The molecule has 42 heavy (non-hydrogen) atoms. The zero-order chi connectivity index (χ0) is 29.5. The van der Waals surface area contributed by atoms with Gasteiger partial charge in [-0.25, -0.2) is 13.2 Å². The van der Waals surface area contributed by atoms with Crippen LogP contribution in [0, 0.1) is 22.9 Å². The van der Waals surface area contributed by atoms with Crippen molar-refractivity contribution in [2.24, 2.45) is 5.41 Å². The second kappa shape index (κ2) is 14.0. The van der Waals surface area contributed by atoms with Gasteiger partial charge in [-0.15, -0.1) is 0 Å². The lowest BCUT2D eigenvalue weighted by Gasteiger charge is -2.41. The highest BCUT2D eigenvalue weighted by Gasteiger charge is 2.33. The Labute approximate surface area is 245 Å². The lowest BCUT2D eigenvalue weighted by Crippen LogP contribution is -2.43. The molecule has 1 aromatic heterocycles. The van der Waals surface area contributed by atoms with Gasteiger partial charge in [0.25, 0.3) is 0 Å². The molecule has 2 aromatic carbocycles. The number of ether oxygens (including phenoxy) is 2. The largest absolute Gasteiger partial charge is 0.497 e. The second-order valence-electron chi connectivity index (χ2n) is 11.6. The molecule has 3 aromatic rings. The van der Waals surface area contributed by atoms with E-state index < -0.39 is 17.5 Å². The van der Waals surface area contributed by atoms with Crippen molar-refractivity contribution in [2.75, 3.05) is 71.5 Å². The number of aromatic nitrogens is 1. The lowest BCUT2D eigenvalue weighted by atomic mass is 9.75. The van der Waals surface area contributed by atoms with E-state index >= 15 is 0 Å². The maximum absolute atomic E-state index is 13.9. The number of nitrogens with one attached hydrogen (secondary N) is 1. The van der Waals surface area contributed by atoms with E-state index in [-0.39, 0.29) is 17.7 Å². The van der Waals surface area contributed by atoms with E-state index in [2.05, 4.69) is 21.2 Å². The number of anilines is 1. The monoisotopic (exact) mass is 586 g/mol. The molecule has 0 unspecified atom stereocenters. The molecule has 0 radical (unpaired) electrons. The molecule has 0 spiro atoms. The molecule has 2 saturated heterocycles. The minimum atomic E-state index is -1.20. The fourth-order valence-corrected chi connectivity index (χ4v) is 6.24. The second-order valence-corrected chi connectivity index (χ2v) is 11.6. The maximum Gasteiger partial charge on any atom is 0.182 e. The number of piperidine rings is 1. The fraction of sp³-hybridized carbons (Fsp3) is 0.531. The lowest BCUT2D eigenvalue weighted by molar-refractivity contribution is 0.0338. The van der Waals surface area contributed by atoms with Crippen LogP contribution in [0.1, 0.15) is 36.8 Å². The first-order valence-electron chi connectivity index (χ1n) is 14.9. The number of methoxy groups -OCH3 is 1. The van der Waals surface area contributed by atoms with Crippen LogP contribution >= 0.6 is 0 Å². The number of aryl methyl sites for hydroxylation is 1. The van der Waals surface area contributed by atoms with Crippen molar-refractivity contribution >= 4 is 16.6 Å². The Balaban J connectivity index is 1.19. The molecule has 228 valence electrons. The van der Waals surface area contributed by atoms with Crippen LogP contribution in [0.4, 0.5) is 18.9 Å². The summed E-state index contributed by atoms with van der Waals surface area (Å²) in [6.07, 6.45) is 6.47. The fourth-order valence-electron chi connectivity index (χ4n) is 6.24. The summed E-state index contributed by atoms with van der Waals surface area (Å²) < 4.78 is 52.0. The van der Waals surface area contributed by atoms with E-state index in [1.807, 2.05) is 18.3 Å². The van der Waals surface area contributed by atoms with Crippen LogP contribution in [-0.4, -0.2) is 86.1 Å². The highest BCUT2D eigenvalue weighted by Crippen LogP contribution is 2.37. The van der Waals surface area contributed by atoms with Crippen molar-refractivity contribution in [3.05, 3.63) is 65.1 Å². The first-order valence-corrected chi connectivity index (χ1v) is 14.9. The summed E-state index contributed by atoms with van der Waals surface area (Å²) >= 11 is 0. The van der Waals surface area contributed by atoms with Gasteiger partial charge < -0.3 is 24.8 Å². The number of aliphatic hydroxyl groups excluding tert-OH is 1. The van der Waals surface area contributed by atoms with E-state index in [4.69, 9.17) is 14.5 Å². The van der Waals surface area contributed by atoms with Crippen LogP contribution in [0.25, 0.3) is 10.9 Å². The zero-order valence-electron chi connectivity index (χ0n) is 24.3. The smallest absolute Gasteiger partial charge is 0.182 e. The number of hydrogen-bond donors (Lipinski definition) is 2. The first-order chi connectivity index (χ1) is 20.4. The summed E-state index contributed by atoms with van der Waals surface area (Å²) in [4.78, 5) is 9.41.